The van der Waals surface area contributed by atoms with E-state index in [1.54, 1.807) is 6.07 Å². The summed E-state index contributed by atoms with van der Waals surface area (Å²) in [7, 11) is 0. The molecule has 158 valence electrons. The lowest BCUT2D eigenvalue weighted by Gasteiger charge is -2.35. The highest BCUT2D eigenvalue weighted by atomic mass is 16.6. The number of anilines is 1. The molecule has 0 N–H and O–H groups in total. The Morgan fingerprint density at radius 2 is 1.77 bits per heavy atom. The van der Waals surface area contributed by atoms with E-state index in [1.165, 1.54) is 5.56 Å². The third-order valence-corrected chi connectivity index (χ3v) is 6.34. The number of hydrogen-bond donors (Lipinski definition) is 0. The second-order valence-electron chi connectivity index (χ2n) is 8.37. The minimum Gasteiger partial charge on any atom is -0.371 e. The van der Waals surface area contributed by atoms with Gasteiger partial charge in [-0.05, 0) is 56.2 Å². The Bertz CT molecular complexity index is 894. The van der Waals surface area contributed by atoms with E-state index >= 15 is 0 Å². The topological polar surface area (TPSA) is 66.7 Å². The molecule has 6 heteroatoms. The molecule has 0 spiro atoms. The van der Waals surface area contributed by atoms with E-state index in [4.69, 9.17) is 0 Å². The van der Waals surface area contributed by atoms with Crippen molar-refractivity contribution in [1.82, 2.24) is 4.90 Å². The zero-order chi connectivity index (χ0) is 20.9. The number of benzene rings is 2. The summed E-state index contributed by atoms with van der Waals surface area (Å²) >= 11 is 0. The number of rotatable bonds is 6. The average molecular weight is 408 g/mol. The monoisotopic (exact) mass is 407 g/mol. The molecule has 2 heterocycles. The van der Waals surface area contributed by atoms with Gasteiger partial charge in [-0.1, -0.05) is 30.3 Å². The highest BCUT2D eigenvalue weighted by Crippen LogP contribution is 2.30. The van der Waals surface area contributed by atoms with Gasteiger partial charge in [0.15, 0.2) is 0 Å². The quantitative estimate of drug-likeness (QED) is 0.531. The van der Waals surface area contributed by atoms with Gasteiger partial charge < -0.3 is 9.80 Å². The Morgan fingerprint density at radius 1 is 1.00 bits per heavy atom. The molecular weight excluding hydrogens is 378 g/mol. The van der Waals surface area contributed by atoms with Crippen molar-refractivity contribution in [3.63, 3.8) is 0 Å². The van der Waals surface area contributed by atoms with Gasteiger partial charge in [-0.15, -0.1) is 0 Å². The van der Waals surface area contributed by atoms with Crippen molar-refractivity contribution in [2.75, 3.05) is 31.1 Å². The molecule has 2 saturated heterocycles. The summed E-state index contributed by atoms with van der Waals surface area (Å²) in [6.45, 7) is 3.36. The Kier molecular flexibility index (Phi) is 6.31. The van der Waals surface area contributed by atoms with Crippen molar-refractivity contribution in [2.45, 2.75) is 38.5 Å². The number of likely N-dealkylation sites (tertiary alicyclic amines) is 1. The van der Waals surface area contributed by atoms with Crippen LogP contribution in [0.25, 0.3) is 0 Å². The fourth-order valence-electron chi connectivity index (χ4n) is 4.68. The van der Waals surface area contributed by atoms with Gasteiger partial charge in [-0.2, -0.15) is 0 Å². The lowest BCUT2D eigenvalue weighted by molar-refractivity contribution is -0.385. The molecule has 1 unspecified atom stereocenters. The molecule has 2 aromatic rings. The van der Waals surface area contributed by atoms with Crippen LogP contribution in [-0.2, 0) is 17.6 Å². The third kappa shape index (κ3) is 4.64. The molecule has 2 aromatic carbocycles. The Balaban J connectivity index is 1.50. The first-order valence-corrected chi connectivity index (χ1v) is 11.0. The van der Waals surface area contributed by atoms with E-state index in [9.17, 15) is 14.9 Å². The number of amides is 1. The molecule has 0 aromatic heterocycles. The van der Waals surface area contributed by atoms with Crippen LogP contribution in [0.15, 0.2) is 48.5 Å². The molecule has 2 fully saturated rings. The lowest BCUT2D eigenvalue weighted by atomic mass is 9.95. The van der Waals surface area contributed by atoms with Gasteiger partial charge in [-0.3, -0.25) is 14.9 Å². The summed E-state index contributed by atoms with van der Waals surface area (Å²) in [5.41, 5.74) is 3.10. The van der Waals surface area contributed by atoms with Crippen LogP contribution in [0.4, 0.5) is 11.4 Å². The molecule has 1 atom stereocenters. The first kappa shape index (κ1) is 20.4. The molecule has 0 bridgehead atoms. The molecule has 4 rings (SSSR count). The number of nitro groups is 1. The van der Waals surface area contributed by atoms with Crippen molar-refractivity contribution in [2.24, 2.45) is 5.92 Å². The maximum atomic E-state index is 12.9. The Morgan fingerprint density at radius 3 is 2.50 bits per heavy atom. The van der Waals surface area contributed by atoms with E-state index < -0.39 is 0 Å². The number of piperidine rings is 1. The summed E-state index contributed by atoms with van der Waals surface area (Å²) < 4.78 is 0. The van der Waals surface area contributed by atoms with Crippen LogP contribution in [0.2, 0.25) is 0 Å². The van der Waals surface area contributed by atoms with E-state index in [0.29, 0.717) is 13.0 Å². The second-order valence-corrected chi connectivity index (χ2v) is 8.37. The van der Waals surface area contributed by atoms with Crippen LogP contribution < -0.4 is 4.90 Å². The molecule has 0 saturated carbocycles. The van der Waals surface area contributed by atoms with Gasteiger partial charge in [0.2, 0.25) is 5.91 Å². The third-order valence-electron chi connectivity index (χ3n) is 6.34. The maximum Gasteiger partial charge on any atom is 0.272 e. The van der Waals surface area contributed by atoms with Crippen molar-refractivity contribution in [3.05, 3.63) is 69.8 Å². The van der Waals surface area contributed by atoms with Gasteiger partial charge in [0, 0.05) is 43.5 Å². The zero-order valence-electron chi connectivity index (χ0n) is 17.3. The first-order valence-electron chi connectivity index (χ1n) is 11.0. The van der Waals surface area contributed by atoms with Crippen LogP contribution in [-0.4, -0.2) is 41.9 Å². The van der Waals surface area contributed by atoms with Crippen LogP contribution in [0.1, 0.15) is 36.8 Å². The SMILES string of the molecule is O=C(C1CCCN(c2ccc([N+](=O)[O-])c(CCc3ccccc3)c2)C1)N1CCCC1. The largest absolute Gasteiger partial charge is 0.371 e. The normalized spacial score (nSPS) is 19.1. The molecule has 2 aliphatic heterocycles. The molecule has 6 nitrogen and oxygen atoms in total. The van der Waals surface area contributed by atoms with Crippen molar-refractivity contribution in [1.29, 1.82) is 0 Å². The molecule has 0 aliphatic carbocycles. The number of nitro benzene ring substituents is 1. The van der Waals surface area contributed by atoms with Gasteiger partial charge >= 0.3 is 0 Å². The lowest BCUT2D eigenvalue weighted by Crippen LogP contribution is -2.44. The van der Waals surface area contributed by atoms with Gasteiger partial charge in [-0.25, -0.2) is 0 Å². The van der Waals surface area contributed by atoms with E-state index in [2.05, 4.69) is 17.0 Å². The Hall–Kier alpha value is -2.89. The predicted molar refractivity (Wildman–Crippen MR) is 118 cm³/mol. The molecule has 0 radical (unpaired) electrons. The zero-order valence-corrected chi connectivity index (χ0v) is 17.3. The van der Waals surface area contributed by atoms with E-state index in [-0.39, 0.29) is 22.4 Å². The van der Waals surface area contributed by atoms with Crippen molar-refractivity contribution >= 4 is 17.3 Å². The highest BCUT2D eigenvalue weighted by Gasteiger charge is 2.31. The fraction of sp³-hybridized carbons (Fsp3) is 0.458. The minimum atomic E-state index is -0.292. The average Bonchev–Trinajstić information content (AvgIpc) is 3.32. The van der Waals surface area contributed by atoms with E-state index in [0.717, 1.165) is 63.0 Å². The summed E-state index contributed by atoms with van der Waals surface area (Å²) in [4.78, 5) is 28.4. The Labute approximate surface area is 177 Å². The summed E-state index contributed by atoms with van der Waals surface area (Å²) in [5.74, 6) is 0.309. The van der Waals surface area contributed by atoms with Crippen molar-refractivity contribution in [3.8, 4) is 0 Å². The number of hydrogen-bond acceptors (Lipinski definition) is 4. The summed E-state index contributed by atoms with van der Waals surface area (Å²) in [5, 5.41) is 11.6. The maximum absolute atomic E-state index is 12.9. The summed E-state index contributed by atoms with van der Waals surface area (Å²) in [6, 6.07) is 15.5. The number of aryl methyl sites for hydroxylation is 2. The smallest absolute Gasteiger partial charge is 0.272 e. The van der Waals surface area contributed by atoms with Gasteiger partial charge in [0.25, 0.3) is 5.69 Å². The van der Waals surface area contributed by atoms with E-state index in [1.807, 2.05) is 35.2 Å². The highest BCUT2D eigenvalue weighted by molar-refractivity contribution is 5.80. The number of carbonyl (C=O) groups excluding carboxylic acids is 1. The van der Waals surface area contributed by atoms with Crippen LogP contribution in [0.3, 0.4) is 0 Å². The standard InChI is InChI=1S/C24H29N3O3/c28-24(25-14-4-5-15-25)21-9-6-16-26(18-21)22-12-13-23(27(29)30)20(17-22)11-10-19-7-2-1-3-8-19/h1-3,7-8,12-13,17,21H,4-6,9-11,14-16,18H2. The van der Waals surface area contributed by atoms with Gasteiger partial charge in [0.1, 0.15) is 0 Å². The van der Waals surface area contributed by atoms with Crippen LogP contribution in [0.5, 0.6) is 0 Å². The second kappa shape index (κ2) is 9.28. The molecule has 30 heavy (non-hydrogen) atoms. The number of nitrogens with zero attached hydrogens (tertiary/aromatic N) is 3. The fourth-order valence-corrected chi connectivity index (χ4v) is 4.68. The van der Waals surface area contributed by atoms with Crippen molar-refractivity contribution < 1.29 is 9.72 Å². The van der Waals surface area contributed by atoms with Crippen LogP contribution in [0, 0.1) is 16.0 Å². The van der Waals surface area contributed by atoms with Gasteiger partial charge in [0.05, 0.1) is 10.8 Å². The molecular formula is C24H29N3O3. The van der Waals surface area contributed by atoms with Crippen LogP contribution >= 0.6 is 0 Å². The summed E-state index contributed by atoms with van der Waals surface area (Å²) in [6.07, 6.45) is 5.50. The number of carbonyl (C=O) groups is 1. The molecule has 2 aliphatic rings. The predicted octanol–water partition coefficient (Wildman–Crippen LogP) is 4.22. The minimum absolute atomic E-state index is 0.0276. The first-order chi connectivity index (χ1) is 14.6. The molecule has 1 amide bonds.